The Kier molecular flexibility index (Phi) is 9.45. The third kappa shape index (κ3) is 7.47. The van der Waals surface area contributed by atoms with E-state index in [4.69, 9.17) is 4.74 Å². The van der Waals surface area contributed by atoms with Gasteiger partial charge in [-0.2, -0.15) is 4.98 Å². The summed E-state index contributed by atoms with van der Waals surface area (Å²) in [5.41, 5.74) is 3.28. The second-order valence-corrected chi connectivity index (χ2v) is 13.2. The minimum absolute atomic E-state index is 0.0168. The summed E-state index contributed by atoms with van der Waals surface area (Å²) >= 11 is 0. The van der Waals surface area contributed by atoms with E-state index in [0.29, 0.717) is 27.7 Å². The summed E-state index contributed by atoms with van der Waals surface area (Å²) < 4.78 is 21.6. The highest BCUT2D eigenvalue weighted by Crippen LogP contribution is 2.49. The molecule has 1 aliphatic rings. The SMILES string of the molecule is CCOC(=O)N=S(C)(=O)c1cccc(Nc2ncc(-c3ccc(NC(=O)C4(c5ccccc5)CC4)cc3)c(N[C@H](C)CO)n2)c1. The Bertz CT molecular complexity index is 1800. The second kappa shape index (κ2) is 13.4. The molecule has 45 heavy (non-hydrogen) atoms. The number of ether oxygens (including phenoxy) is 1. The Labute approximate surface area is 262 Å². The third-order valence-corrected chi connectivity index (χ3v) is 9.08. The Morgan fingerprint density at radius 1 is 1.04 bits per heavy atom. The van der Waals surface area contributed by atoms with E-state index in [1.165, 1.54) is 6.26 Å². The molecular weight excluding hydrogens is 592 g/mol. The Morgan fingerprint density at radius 2 is 1.78 bits per heavy atom. The molecule has 0 bridgehead atoms. The molecule has 1 aliphatic carbocycles. The number of nitrogens with zero attached hydrogens (tertiary/aromatic N) is 3. The predicted molar refractivity (Wildman–Crippen MR) is 175 cm³/mol. The molecule has 4 aromatic rings. The average molecular weight is 629 g/mol. The Morgan fingerprint density at radius 3 is 2.44 bits per heavy atom. The van der Waals surface area contributed by atoms with Gasteiger partial charge in [0.25, 0.3) is 0 Å². The van der Waals surface area contributed by atoms with Crippen molar-refractivity contribution in [3.8, 4) is 11.1 Å². The molecule has 1 heterocycles. The summed E-state index contributed by atoms with van der Waals surface area (Å²) in [5, 5.41) is 19.1. The zero-order valence-corrected chi connectivity index (χ0v) is 26.1. The van der Waals surface area contributed by atoms with Gasteiger partial charge in [-0.1, -0.05) is 48.5 Å². The van der Waals surface area contributed by atoms with Crippen molar-refractivity contribution in [2.45, 2.75) is 43.0 Å². The fourth-order valence-corrected chi connectivity index (χ4v) is 5.96. The topological polar surface area (TPSA) is 155 Å². The number of carbonyl (C=O) groups is 2. The van der Waals surface area contributed by atoms with Gasteiger partial charge in [0.1, 0.15) is 5.82 Å². The van der Waals surface area contributed by atoms with E-state index < -0.39 is 21.2 Å². The van der Waals surface area contributed by atoms with Crippen LogP contribution in [0, 0.1) is 0 Å². The maximum atomic E-state index is 13.2. The van der Waals surface area contributed by atoms with Crippen LogP contribution in [0.15, 0.2) is 94.3 Å². The summed E-state index contributed by atoms with van der Waals surface area (Å²) in [6.07, 6.45) is 3.79. The second-order valence-electron chi connectivity index (χ2n) is 10.9. The first-order valence-corrected chi connectivity index (χ1v) is 16.5. The number of aromatic nitrogens is 2. The molecule has 0 aliphatic heterocycles. The van der Waals surface area contributed by atoms with Crippen LogP contribution in [-0.4, -0.2) is 56.8 Å². The van der Waals surface area contributed by atoms with E-state index in [0.717, 1.165) is 24.0 Å². The van der Waals surface area contributed by atoms with Gasteiger partial charge in [-0.15, -0.1) is 4.36 Å². The number of rotatable bonds is 11. The van der Waals surface area contributed by atoms with Crippen LogP contribution in [0.4, 0.5) is 27.9 Å². The number of hydrogen-bond acceptors (Lipinski definition) is 9. The Balaban J connectivity index is 1.36. The summed E-state index contributed by atoms with van der Waals surface area (Å²) in [7, 11) is -3.04. The molecule has 234 valence electrons. The van der Waals surface area contributed by atoms with E-state index in [2.05, 4.69) is 30.3 Å². The molecular formula is C33H36N6O5S. The van der Waals surface area contributed by atoms with Crippen LogP contribution in [-0.2, 0) is 24.7 Å². The fourth-order valence-electron chi connectivity index (χ4n) is 4.84. The highest BCUT2D eigenvalue weighted by Gasteiger charge is 2.51. The molecule has 11 nitrogen and oxygen atoms in total. The smallest absolute Gasteiger partial charge is 0.442 e. The van der Waals surface area contributed by atoms with Crippen molar-refractivity contribution in [3.05, 3.63) is 90.6 Å². The van der Waals surface area contributed by atoms with Crippen molar-refractivity contribution in [2.24, 2.45) is 4.36 Å². The number of hydrogen-bond donors (Lipinski definition) is 4. The van der Waals surface area contributed by atoms with Crippen LogP contribution >= 0.6 is 0 Å². The van der Waals surface area contributed by atoms with E-state index >= 15 is 0 Å². The zero-order chi connectivity index (χ0) is 32.0. The molecule has 4 N–H and O–H groups in total. The third-order valence-electron chi connectivity index (χ3n) is 7.45. The van der Waals surface area contributed by atoms with Crippen LogP contribution in [0.3, 0.4) is 0 Å². The standard InChI is InChI=1S/C33H36N6O5S/c1-4-44-32(42)39-45(3,43)27-12-8-11-26(19-27)37-31-34-20-28(29(38-31)35-22(2)21-40)23-13-15-25(16-14-23)36-30(41)33(17-18-33)24-9-6-5-7-10-24/h5-16,19-20,22,40H,4,17-18,21H2,1-3H3,(H,36,41)(H2,34,35,37,38)/t22-,45?/m1/s1. The molecule has 0 saturated heterocycles. The highest BCUT2D eigenvalue weighted by atomic mass is 32.2. The summed E-state index contributed by atoms with van der Waals surface area (Å²) in [6, 6.07) is 23.7. The monoisotopic (exact) mass is 628 g/mol. The van der Waals surface area contributed by atoms with Gasteiger partial charge in [-0.05, 0) is 68.1 Å². The molecule has 1 saturated carbocycles. The molecule has 1 aromatic heterocycles. The van der Waals surface area contributed by atoms with Gasteiger partial charge < -0.3 is 25.8 Å². The van der Waals surface area contributed by atoms with Crippen molar-refractivity contribution in [3.63, 3.8) is 0 Å². The molecule has 2 atom stereocenters. The van der Waals surface area contributed by atoms with Gasteiger partial charge in [0.15, 0.2) is 0 Å². The lowest BCUT2D eigenvalue weighted by molar-refractivity contribution is -0.118. The molecule has 3 aromatic carbocycles. The van der Waals surface area contributed by atoms with Crippen LogP contribution in [0.1, 0.15) is 32.3 Å². The van der Waals surface area contributed by atoms with Crippen LogP contribution < -0.4 is 16.0 Å². The summed E-state index contributed by atoms with van der Waals surface area (Å²) in [4.78, 5) is 34.5. The van der Waals surface area contributed by atoms with Gasteiger partial charge in [-0.25, -0.2) is 14.0 Å². The number of aliphatic hydroxyl groups is 1. The molecule has 0 radical (unpaired) electrons. The van der Waals surface area contributed by atoms with Gasteiger partial charge in [0.05, 0.1) is 28.4 Å². The minimum Gasteiger partial charge on any atom is -0.448 e. The van der Waals surface area contributed by atoms with Crippen LogP contribution in [0.25, 0.3) is 11.1 Å². The van der Waals surface area contributed by atoms with E-state index in [1.54, 1.807) is 37.4 Å². The Hall–Kier alpha value is -4.81. The van der Waals surface area contributed by atoms with Gasteiger partial charge >= 0.3 is 6.09 Å². The van der Waals surface area contributed by atoms with Crippen molar-refractivity contribution < 1.29 is 23.6 Å². The van der Waals surface area contributed by atoms with Gasteiger partial charge in [0, 0.05) is 40.3 Å². The molecule has 2 amide bonds. The first-order chi connectivity index (χ1) is 21.6. The molecule has 5 rings (SSSR count). The fraction of sp³-hybridized carbons (Fsp3) is 0.273. The first-order valence-electron chi connectivity index (χ1n) is 14.6. The van der Waals surface area contributed by atoms with Crippen molar-refractivity contribution in [2.75, 3.05) is 35.4 Å². The van der Waals surface area contributed by atoms with E-state index in [-0.39, 0.29) is 31.1 Å². The molecule has 1 unspecified atom stereocenters. The largest absolute Gasteiger partial charge is 0.448 e. The summed E-state index contributed by atoms with van der Waals surface area (Å²) in [5.74, 6) is 0.726. The zero-order valence-electron chi connectivity index (χ0n) is 25.3. The van der Waals surface area contributed by atoms with Crippen LogP contribution in [0.2, 0.25) is 0 Å². The lowest BCUT2D eigenvalue weighted by atomic mass is 9.95. The molecule has 0 spiro atoms. The molecule has 12 heteroatoms. The van der Waals surface area contributed by atoms with Gasteiger partial charge in [0.2, 0.25) is 11.9 Å². The number of carbonyl (C=O) groups excluding carboxylic acids is 2. The van der Waals surface area contributed by atoms with Crippen LogP contribution in [0.5, 0.6) is 0 Å². The van der Waals surface area contributed by atoms with E-state index in [1.807, 2.05) is 61.5 Å². The van der Waals surface area contributed by atoms with Crippen molar-refractivity contribution in [1.29, 1.82) is 0 Å². The molecule has 1 fully saturated rings. The van der Waals surface area contributed by atoms with E-state index in [9.17, 15) is 18.9 Å². The maximum Gasteiger partial charge on any atom is 0.442 e. The van der Waals surface area contributed by atoms with Gasteiger partial charge in [-0.3, -0.25) is 4.79 Å². The number of amides is 2. The minimum atomic E-state index is -3.04. The number of anilines is 4. The predicted octanol–water partition coefficient (Wildman–Crippen LogP) is 5.96. The number of benzene rings is 3. The quantitative estimate of drug-likeness (QED) is 0.157. The number of nitrogens with one attached hydrogen (secondary N) is 3. The normalized spacial score (nSPS) is 15.2. The first kappa shape index (κ1) is 31.6. The lowest BCUT2D eigenvalue weighted by Gasteiger charge is -2.18. The number of aliphatic hydroxyl groups excluding tert-OH is 1. The van der Waals surface area contributed by atoms with Crippen molar-refractivity contribution in [1.82, 2.24) is 9.97 Å². The lowest BCUT2D eigenvalue weighted by Crippen LogP contribution is -2.27. The van der Waals surface area contributed by atoms with Crippen molar-refractivity contribution >= 4 is 44.9 Å². The average Bonchev–Trinajstić information content (AvgIpc) is 3.85. The highest BCUT2D eigenvalue weighted by molar-refractivity contribution is 7.93. The maximum absolute atomic E-state index is 13.2. The summed E-state index contributed by atoms with van der Waals surface area (Å²) in [6.45, 7) is 3.49.